The van der Waals surface area contributed by atoms with Gasteiger partial charge in [-0.25, -0.2) is 0 Å². The first-order valence-electron chi connectivity index (χ1n) is 7.07. The van der Waals surface area contributed by atoms with Crippen LogP contribution in [-0.2, 0) is 4.74 Å². The fraction of sp³-hybridized carbons (Fsp3) is 0.625. The maximum atomic E-state index is 5.79. The molecule has 2 unspecified atom stereocenters. The van der Waals surface area contributed by atoms with E-state index in [0.717, 1.165) is 12.8 Å². The van der Waals surface area contributed by atoms with Crippen molar-refractivity contribution in [1.82, 2.24) is 0 Å². The minimum Gasteiger partial charge on any atom is -0.382 e. The van der Waals surface area contributed by atoms with Crippen LogP contribution < -0.4 is 5.32 Å². The van der Waals surface area contributed by atoms with Crippen LogP contribution in [0.1, 0.15) is 52.0 Å². The van der Waals surface area contributed by atoms with Gasteiger partial charge in [0.1, 0.15) is 0 Å². The summed E-state index contributed by atoms with van der Waals surface area (Å²) in [5.41, 5.74) is 2.70. The van der Waals surface area contributed by atoms with Gasteiger partial charge in [0.05, 0.1) is 12.2 Å². The summed E-state index contributed by atoms with van der Waals surface area (Å²) < 4.78 is 5.79. The van der Waals surface area contributed by atoms with Gasteiger partial charge >= 0.3 is 0 Å². The quantitative estimate of drug-likeness (QED) is 0.865. The van der Waals surface area contributed by atoms with E-state index in [0.29, 0.717) is 24.2 Å². The topological polar surface area (TPSA) is 21.3 Å². The van der Waals surface area contributed by atoms with Crippen LogP contribution in [0.15, 0.2) is 24.3 Å². The van der Waals surface area contributed by atoms with Gasteiger partial charge in [0, 0.05) is 11.7 Å². The van der Waals surface area contributed by atoms with Crippen molar-refractivity contribution in [3.05, 3.63) is 29.8 Å². The second-order valence-electron chi connectivity index (χ2n) is 5.81. The molecule has 1 heterocycles. The SMILES string of the molecule is CC1CC(Nc2ccccc2C(C)C)CC(C)O1. The fourth-order valence-corrected chi connectivity index (χ4v) is 2.87. The molecule has 2 heteroatoms. The molecule has 0 radical (unpaired) electrons. The molecule has 1 aromatic rings. The number of rotatable bonds is 3. The Labute approximate surface area is 111 Å². The van der Waals surface area contributed by atoms with Crippen molar-refractivity contribution < 1.29 is 4.74 Å². The molecule has 1 aliphatic rings. The predicted molar refractivity (Wildman–Crippen MR) is 77.2 cm³/mol. The van der Waals surface area contributed by atoms with E-state index in [-0.39, 0.29) is 0 Å². The summed E-state index contributed by atoms with van der Waals surface area (Å²) in [7, 11) is 0. The van der Waals surface area contributed by atoms with Crippen molar-refractivity contribution in [2.45, 2.75) is 64.7 Å². The average Bonchev–Trinajstić information content (AvgIpc) is 2.27. The Morgan fingerprint density at radius 1 is 1.11 bits per heavy atom. The van der Waals surface area contributed by atoms with Gasteiger partial charge in [0.15, 0.2) is 0 Å². The van der Waals surface area contributed by atoms with Crippen molar-refractivity contribution in [3.8, 4) is 0 Å². The van der Waals surface area contributed by atoms with Gasteiger partial charge in [0.2, 0.25) is 0 Å². The molecular formula is C16H25NO. The van der Waals surface area contributed by atoms with E-state index in [1.54, 1.807) is 0 Å². The maximum Gasteiger partial charge on any atom is 0.0570 e. The monoisotopic (exact) mass is 247 g/mol. The average molecular weight is 247 g/mol. The molecule has 2 atom stereocenters. The van der Waals surface area contributed by atoms with E-state index in [9.17, 15) is 0 Å². The number of benzene rings is 1. The molecule has 2 nitrogen and oxygen atoms in total. The lowest BCUT2D eigenvalue weighted by atomic mass is 9.97. The first-order valence-corrected chi connectivity index (χ1v) is 7.07. The Kier molecular flexibility index (Phi) is 4.28. The Bertz CT molecular complexity index is 378. The minimum absolute atomic E-state index is 0.359. The number of ether oxygens (including phenoxy) is 1. The summed E-state index contributed by atoms with van der Waals surface area (Å²) in [5, 5.41) is 3.71. The lowest BCUT2D eigenvalue weighted by molar-refractivity contribution is -0.0337. The van der Waals surface area contributed by atoms with Crippen LogP contribution in [0.5, 0.6) is 0 Å². The zero-order valence-corrected chi connectivity index (χ0v) is 11.9. The molecule has 0 aliphatic carbocycles. The third-order valence-corrected chi connectivity index (χ3v) is 3.64. The zero-order valence-electron chi connectivity index (χ0n) is 11.9. The summed E-state index contributed by atoms with van der Waals surface area (Å²) in [6.45, 7) is 8.82. The van der Waals surface area contributed by atoms with E-state index < -0.39 is 0 Å². The Hall–Kier alpha value is -1.02. The molecule has 1 aromatic carbocycles. The van der Waals surface area contributed by atoms with E-state index in [1.807, 2.05) is 0 Å². The van der Waals surface area contributed by atoms with Gasteiger partial charge < -0.3 is 10.1 Å². The largest absolute Gasteiger partial charge is 0.382 e. The van der Waals surface area contributed by atoms with Crippen LogP contribution in [-0.4, -0.2) is 18.2 Å². The van der Waals surface area contributed by atoms with Crippen LogP contribution in [0.4, 0.5) is 5.69 Å². The molecule has 1 fully saturated rings. The summed E-state index contributed by atoms with van der Waals surface area (Å²) >= 11 is 0. The van der Waals surface area contributed by atoms with Crippen LogP contribution in [0.3, 0.4) is 0 Å². The summed E-state index contributed by atoms with van der Waals surface area (Å²) in [5.74, 6) is 0.559. The second-order valence-corrected chi connectivity index (χ2v) is 5.81. The number of anilines is 1. The first-order chi connectivity index (χ1) is 8.56. The van der Waals surface area contributed by atoms with Crippen molar-refractivity contribution in [3.63, 3.8) is 0 Å². The molecule has 1 aliphatic heterocycles. The Balaban J connectivity index is 2.09. The smallest absolute Gasteiger partial charge is 0.0570 e. The molecule has 0 bridgehead atoms. The summed E-state index contributed by atoms with van der Waals surface area (Å²) in [6, 6.07) is 9.18. The summed E-state index contributed by atoms with van der Waals surface area (Å²) in [6.07, 6.45) is 2.91. The predicted octanol–water partition coefficient (Wildman–Crippen LogP) is 4.18. The summed E-state index contributed by atoms with van der Waals surface area (Å²) in [4.78, 5) is 0. The lowest BCUT2D eigenvalue weighted by Gasteiger charge is -2.33. The van der Waals surface area contributed by atoms with Crippen molar-refractivity contribution in [2.75, 3.05) is 5.32 Å². The van der Waals surface area contributed by atoms with Gasteiger partial charge in [-0.15, -0.1) is 0 Å². The number of hydrogen-bond donors (Lipinski definition) is 1. The highest BCUT2D eigenvalue weighted by Crippen LogP contribution is 2.28. The van der Waals surface area contributed by atoms with Crippen LogP contribution >= 0.6 is 0 Å². The molecule has 0 saturated carbocycles. The number of hydrogen-bond acceptors (Lipinski definition) is 2. The van der Waals surface area contributed by atoms with Crippen LogP contribution in [0.2, 0.25) is 0 Å². The highest BCUT2D eigenvalue weighted by Gasteiger charge is 2.24. The number of para-hydroxylation sites is 1. The molecular weight excluding hydrogens is 222 g/mol. The van der Waals surface area contributed by atoms with Gasteiger partial charge in [0.25, 0.3) is 0 Å². The molecule has 1 N–H and O–H groups in total. The van der Waals surface area contributed by atoms with Gasteiger partial charge in [-0.05, 0) is 44.2 Å². The third-order valence-electron chi connectivity index (χ3n) is 3.64. The highest BCUT2D eigenvalue weighted by atomic mass is 16.5. The second kappa shape index (κ2) is 5.75. The third kappa shape index (κ3) is 3.26. The lowest BCUT2D eigenvalue weighted by Crippen LogP contribution is -2.37. The normalized spacial score (nSPS) is 28.4. The van der Waals surface area contributed by atoms with Gasteiger partial charge in [-0.3, -0.25) is 0 Å². The van der Waals surface area contributed by atoms with Gasteiger partial charge in [-0.1, -0.05) is 32.0 Å². The molecule has 18 heavy (non-hydrogen) atoms. The van der Waals surface area contributed by atoms with Crippen LogP contribution in [0.25, 0.3) is 0 Å². The fourth-order valence-electron chi connectivity index (χ4n) is 2.87. The zero-order chi connectivity index (χ0) is 13.1. The van der Waals surface area contributed by atoms with Gasteiger partial charge in [-0.2, -0.15) is 0 Å². The Morgan fingerprint density at radius 2 is 1.72 bits per heavy atom. The first kappa shape index (κ1) is 13.4. The molecule has 1 saturated heterocycles. The van der Waals surface area contributed by atoms with Crippen molar-refractivity contribution in [2.24, 2.45) is 0 Å². The number of nitrogens with one attached hydrogen (secondary N) is 1. The van der Waals surface area contributed by atoms with Crippen molar-refractivity contribution >= 4 is 5.69 Å². The van der Waals surface area contributed by atoms with Crippen molar-refractivity contribution in [1.29, 1.82) is 0 Å². The van der Waals surface area contributed by atoms with E-state index in [1.165, 1.54) is 11.3 Å². The van der Waals surface area contributed by atoms with E-state index in [2.05, 4.69) is 57.3 Å². The maximum absolute atomic E-state index is 5.79. The van der Waals surface area contributed by atoms with Crippen LogP contribution in [0, 0.1) is 0 Å². The molecule has 0 aromatic heterocycles. The minimum atomic E-state index is 0.359. The Morgan fingerprint density at radius 3 is 2.33 bits per heavy atom. The molecule has 0 spiro atoms. The molecule has 0 amide bonds. The highest BCUT2D eigenvalue weighted by molar-refractivity contribution is 5.53. The van der Waals surface area contributed by atoms with E-state index >= 15 is 0 Å². The standard InChI is InChI=1S/C16H25NO/c1-11(2)15-7-5-6-8-16(15)17-14-9-12(3)18-13(4)10-14/h5-8,11-14,17H,9-10H2,1-4H3. The molecule has 2 rings (SSSR count). The molecule has 100 valence electrons. The van der Waals surface area contributed by atoms with E-state index in [4.69, 9.17) is 4.74 Å².